The minimum atomic E-state index is 0.0153. The molecular formula is C14H27N5O. The Morgan fingerprint density at radius 2 is 1.55 bits per heavy atom. The van der Waals surface area contributed by atoms with Crippen LogP contribution in [0.3, 0.4) is 0 Å². The molecule has 0 spiro atoms. The van der Waals surface area contributed by atoms with Gasteiger partial charge in [0.25, 0.3) is 0 Å². The lowest BCUT2D eigenvalue weighted by Crippen LogP contribution is -2.37. The van der Waals surface area contributed by atoms with Crippen LogP contribution in [0.4, 0.5) is 11.9 Å². The number of rotatable bonds is 8. The Balaban J connectivity index is 3.04. The first-order chi connectivity index (χ1) is 9.48. The molecule has 0 bridgehead atoms. The number of nitrogens with zero attached hydrogens (tertiary/aromatic N) is 3. The molecule has 0 atom stereocenters. The second-order valence-electron chi connectivity index (χ2n) is 5.15. The van der Waals surface area contributed by atoms with Gasteiger partial charge in [-0.25, -0.2) is 0 Å². The van der Waals surface area contributed by atoms with E-state index in [2.05, 4.69) is 46.4 Å². The SMILES string of the molecule is CCC(CC)(CC)Nc1nc(NC)nc(OC(C)C)n1. The van der Waals surface area contributed by atoms with Crippen LogP contribution in [-0.4, -0.2) is 33.6 Å². The lowest BCUT2D eigenvalue weighted by atomic mass is 9.90. The van der Waals surface area contributed by atoms with Crippen LogP contribution in [0.15, 0.2) is 0 Å². The van der Waals surface area contributed by atoms with Crippen molar-refractivity contribution in [3.63, 3.8) is 0 Å². The van der Waals surface area contributed by atoms with Gasteiger partial charge in [0.1, 0.15) is 0 Å². The largest absolute Gasteiger partial charge is 0.461 e. The van der Waals surface area contributed by atoms with Crippen molar-refractivity contribution < 1.29 is 4.74 Å². The fourth-order valence-corrected chi connectivity index (χ4v) is 2.04. The lowest BCUT2D eigenvalue weighted by molar-refractivity contribution is 0.222. The molecule has 114 valence electrons. The highest BCUT2D eigenvalue weighted by molar-refractivity contribution is 5.37. The van der Waals surface area contributed by atoms with E-state index in [-0.39, 0.29) is 11.6 Å². The van der Waals surface area contributed by atoms with Gasteiger partial charge in [0.2, 0.25) is 11.9 Å². The molecule has 0 saturated heterocycles. The maximum Gasteiger partial charge on any atom is 0.323 e. The van der Waals surface area contributed by atoms with E-state index < -0.39 is 0 Å². The number of aromatic nitrogens is 3. The van der Waals surface area contributed by atoms with Gasteiger partial charge < -0.3 is 15.4 Å². The molecule has 1 aromatic heterocycles. The number of ether oxygens (including phenoxy) is 1. The Kier molecular flexibility index (Phi) is 5.98. The average Bonchev–Trinajstić information content (AvgIpc) is 2.44. The predicted molar refractivity (Wildman–Crippen MR) is 82.4 cm³/mol. The van der Waals surface area contributed by atoms with Crippen LogP contribution in [0.1, 0.15) is 53.9 Å². The zero-order valence-corrected chi connectivity index (χ0v) is 13.4. The van der Waals surface area contributed by atoms with Crippen molar-refractivity contribution in [2.24, 2.45) is 0 Å². The standard InChI is InChI=1S/C14H27N5O/c1-7-14(8-2,9-3)19-12-16-11(15-6)17-13(18-12)20-10(4)5/h10H,7-9H2,1-6H3,(H2,15,16,17,18,19). The second kappa shape index (κ2) is 7.26. The molecule has 0 radical (unpaired) electrons. The normalized spacial score (nSPS) is 11.6. The van der Waals surface area contributed by atoms with Crippen LogP contribution >= 0.6 is 0 Å². The lowest BCUT2D eigenvalue weighted by Gasteiger charge is -2.31. The third-order valence-corrected chi connectivity index (χ3v) is 3.59. The van der Waals surface area contributed by atoms with Crippen molar-refractivity contribution in [1.29, 1.82) is 0 Å². The summed E-state index contributed by atoms with van der Waals surface area (Å²) in [6, 6.07) is 0.346. The highest BCUT2D eigenvalue weighted by Crippen LogP contribution is 2.25. The minimum absolute atomic E-state index is 0.0153. The van der Waals surface area contributed by atoms with Crippen molar-refractivity contribution in [3.05, 3.63) is 0 Å². The summed E-state index contributed by atoms with van der Waals surface area (Å²) >= 11 is 0. The zero-order valence-electron chi connectivity index (χ0n) is 13.4. The van der Waals surface area contributed by atoms with Crippen LogP contribution in [-0.2, 0) is 0 Å². The van der Waals surface area contributed by atoms with Gasteiger partial charge in [0, 0.05) is 12.6 Å². The molecule has 6 nitrogen and oxygen atoms in total. The highest BCUT2D eigenvalue weighted by atomic mass is 16.5. The first-order valence-electron chi connectivity index (χ1n) is 7.37. The summed E-state index contributed by atoms with van der Waals surface area (Å²) < 4.78 is 5.57. The maximum atomic E-state index is 5.57. The molecule has 20 heavy (non-hydrogen) atoms. The van der Waals surface area contributed by atoms with Gasteiger partial charge in [-0.15, -0.1) is 0 Å². The van der Waals surface area contributed by atoms with Crippen LogP contribution in [0.2, 0.25) is 0 Å². The van der Waals surface area contributed by atoms with E-state index in [0.717, 1.165) is 19.3 Å². The summed E-state index contributed by atoms with van der Waals surface area (Å²) in [6.07, 6.45) is 3.08. The Morgan fingerprint density at radius 1 is 1.00 bits per heavy atom. The third kappa shape index (κ3) is 4.21. The van der Waals surface area contributed by atoms with Gasteiger partial charge in [-0.1, -0.05) is 20.8 Å². The monoisotopic (exact) mass is 281 g/mol. The van der Waals surface area contributed by atoms with Gasteiger partial charge >= 0.3 is 6.01 Å². The Labute approximate surface area is 121 Å². The molecule has 1 rings (SSSR count). The van der Waals surface area contributed by atoms with Crippen LogP contribution in [0.25, 0.3) is 0 Å². The van der Waals surface area contributed by atoms with Gasteiger partial charge in [-0.2, -0.15) is 15.0 Å². The molecule has 0 amide bonds. The summed E-state index contributed by atoms with van der Waals surface area (Å²) in [5.41, 5.74) is 0.0153. The molecule has 1 heterocycles. The van der Waals surface area contributed by atoms with E-state index in [1.165, 1.54) is 0 Å². The molecular weight excluding hydrogens is 254 g/mol. The molecule has 6 heteroatoms. The molecule has 1 aromatic rings. The van der Waals surface area contributed by atoms with E-state index in [4.69, 9.17) is 4.74 Å². The molecule has 0 aromatic carbocycles. The quantitative estimate of drug-likeness (QED) is 0.763. The minimum Gasteiger partial charge on any atom is -0.461 e. The smallest absolute Gasteiger partial charge is 0.323 e. The van der Waals surface area contributed by atoms with Crippen molar-refractivity contribution >= 4 is 11.9 Å². The Bertz CT molecular complexity index is 410. The number of anilines is 2. The van der Waals surface area contributed by atoms with Crippen molar-refractivity contribution in [3.8, 4) is 6.01 Å². The van der Waals surface area contributed by atoms with Crippen molar-refractivity contribution in [2.75, 3.05) is 17.7 Å². The van der Waals surface area contributed by atoms with E-state index in [0.29, 0.717) is 17.9 Å². The maximum absolute atomic E-state index is 5.57. The second-order valence-corrected chi connectivity index (χ2v) is 5.15. The molecule has 0 saturated carbocycles. The summed E-state index contributed by atoms with van der Waals surface area (Å²) in [5, 5.41) is 6.39. The van der Waals surface area contributed by atoms with Gasteiger partial charge in [-0.05, 0) is 33.1 Å². The van der Waals surface area contributed by atoms with E-state index in [1.54, 1.807) is 7.05 Å². The van der Waals surface area contributed by atoms with Crippen LogP contribution in [0, 0.1) is 0 Å². The van der Waals surface area contributed by atoms with Crippen LogP contribution < -0.4 is 15.4 Å². The van der Waals surface area contributed by atoms with E-state index >= 15 is 0 Å². The summed E-state index contributed by atoms with van der Waals surface area (Å²) in [5.74, 6) is 1.07. The highest BCUT2D eigenvalue weighted by Gasteiger charge is 2.25. The van der Waals surface area contributed by atoms with Crippen molar-refractivity contribution in [2.45, 2.75) is 65.5 Å². The molecule has 0 aliphatic carbocycles. The predicted octanol–water partition coefficient (Wildman–Crippen LogP) is 3.08. The van der Waals surface area contributed by atoms with Crippen LogP contribution in [0.5, 0.6) is 6.01 Å². The summed E-state index contributed by atoms with van der Waals surface area (Å²) in [7, 11) is 1.78. The fourth-order valence-electron chi connectivity index (χ4n) is 2.04. The van der Waals surface area contributed by atoms with Gasteiger partial charge in [-0.3, -0.25) is 0 Å². The van der Waals surface area contributed by atoms with Gasteiger partial charge in [0.15, 0.2) is 0 Å². The fraction of sp³-hybridized carbons (Fsp3) is 0.786. The zero-order chi connectivity index (χ0) is 15.2. The Morgan fingerprint density at radius 3 is 2.00 bits per heavy atom. The first-order valence-corrected chi connectivity index (χ1v) is 7.37. The summed E-state index contributed by atoms with van der Waals surface area (Å²) in [4.78, 5) is 12.9. The topological polar surface area (TPSA) is 72.0 Å². The van der Waals surface area contributed by atoms with E-state index in [1.807, 2.05) is 13.8 Å². The Hall–Kier alpha value is -1.59. The molecule has 0 fully saturated rings. The van der Waals surface area contributed by atoms with Crippen molar-refractivity contribution in [1.82, 2.24) is 15.0 Å². The number of hydrogen-bond acceptors (Lipinski definition) is 6. The third-order valence-electron chi connectivity index (χ3n) is 3.59. The molecule has 2 N–H and O–H groups in total. The number of hydrogen-bond donors (Lipinski definition) is 2. The van der Waals surface area contributed by atoms with E-state index in [9.17, 15) is 0 Å². The first kappa shape index (κ1) is 16.5. The van der Waals surface area contributed by atoms with Gasteiger partial charge in [0.05, 0.1) is 6.10 Å². The molecule has 0 aliphatic rings. The molecule has 0 unspecified atom stereocenters. The average molecular weight is 281 g/mol. The number of nitrogens with one attached hydrogen (secondary N) is 2. The molecule has 0 aliphatic heterocycles. The summed E-state index contributed by atoms with van der Waals surface area (Å²) in [6.45, 7) is 10.4.